The van der Waals surface area contributed by atoms with Gasteiger partial charge in [0.05, 0.1) is 11.8 Å². The minimum atomic E-state index is 0.363. The summed E-state index contributed by atoms with van der Waals surface area (Å²) in [6.07, 6.45) is 7.91. The van der Waals surface area contributed by atoms with E-state index in [1.165, 1.54) is 18.5 Å². The Hall–Kier alpha value is -1.59. The van der Waals surface area contributed by atoms with Gasteiger partial charge in [-0.15, -0.1) is 0 Å². The standard InChI is InChI=1S/C16H22N4O/c1-2-15(21-9-1)10-13-12-20-6-3-14(11-16(20)18-13)19-7-4-17-5-8-19/h3,6,11-12,15,17H,1-2,4-5,7-10H2. The Morgan fingerprint density at radius 3 is 3.05 bits per heavy atom. The van der Waals surface area contributed by atoms with Crippen LogP contribution in [0, 0.1) is 0 Å². The first-order chi connectivity index (χ1) is 10.4. The smallest absolute Gasteiger partial charge is 0.139 e. The van der Waals surface area contributed by atoms with Crippen LogP contribution in [-0.2, 0) is 11.2 Å². The quantitative estimate of drug-likeness (QED) is 0.928. The van der Waals surface area contributed by atoms with E-state index in [0.717, 1.165) is 50.5 Å². The number of anilines is 1. The van der Waals surface area contributed by atoms with Crippen LogP contribution in [0.5, 0.6) is 0 Å². The van der Waals surface area contributed by atoms with Gasteiger partial charge in [0.2, 0.25) is 0 Å². The molecule has 2 fully saturated rings. The van der Waals surface area contributed by atoms with E-state index in [2.05, 4.69) is 39.1 Å². The van der Waals surface area contributed by atoms with E-state index in [-0.39, 0.29) is 0 Å². The van der Waals surface area contributed by atoms with E-state index in [1.54, 1.807) is 0 Å². The van der Waals surface area contributed by atoms with Crippen molar-refractivity contribution in [2.75, 3.05) is 37.7 Å². The lowest BCUT2D eigenvalue weighted by Crippen LogP contribution is -2.43. The number of pyridine rings is 1. The average molecular weight is 286 g/mol. The molecule has 112 valence electrons. The molecule has 5 nitrogen and oxygen atoms in total. The van der Waals surface area contributed by atoms with Crippen molar-refractivity contribution < 1.29 is 4.74 Å². The number of nitrogens with one attached hydrogen (secondary N) is 1. The number of hydrogen-bond acceptors (Lipinski definition) is 4. The lowest BCUT2D eigenvalue weighted by Gasteiger charge is -2.29. The fourth-order valence-electron chi connectivity index (χ4n) is 3.28. The molecule has 4 rings (SSSR count). The molecule has 1 atom stereocenters. The Kier molecular flexibility index (Phi) is 3.53. The normalized spacial score (nSPS) is 23.0. The summed E-state index contributed by atoms with van der Waals surface area (Å²) in [6, 6.07) is 4.39. The Morgan fingerprint density at radius 1 is 1.33 bits per heavy atom. The monoisotopic (exact) mass is 286 g/mol. The van der Waals surface area contributed by atoms with Crippen molar-refractivity contribution in [1.82, 2.24) is 14.7 Å². The van der Waals surface area contributed by atoms with Crippen molar-refractivity contribution in [1.29, 1.82) is 0 Å². The third-order valence-corrected chi connectivity index (χ3v) is 4.44. The molecule has 5 heteroatoms. The van der Waals surface area contributed by atoms with Crippen molar-refractivity contribution in [3.8, 4) is 0 Å². The van der Waals surface area contributed by atoms with Crippen molar-refractivity contribution in [3.05, 3.63) is 30.2 Å². The lowest BCUT2D eigenvalue weighted by atomic mass is 10.1. The van der Waals surface area contributed by atoms with Crippen molar-refractivity contribution in [2.24, 2.45) is 0 Å². The number of hydrogen-bond donors (Lipinski definition) is 1. The third-order valence-electron chi connectivity index (χ3n) is 4.44. The summed E-state index contributed by atoms with van der Waals surface area (Å²) >= 11 is 0. The number of rotatable bonds is 3. The fourth-order valence-corrected chi connectivity index (χ4v) is 3.28. The third kappa shape index (κ3) is 2.76. The number of fused-ring (bicyclic) bond motifs is 1. The van der Waals surface area contributed by atoms with Crippen LogP contribution in [-0.4, -0.2) is 48.3 Å². The van der Waals surface area contributed by atoms with Gasteiger partial charge in [-0.05, 0) is 18.9 Å². The molecular weight excluding hydrogens is 264 g/mol. The second kappa shape index (κ2) is 5.66. The largest absolute Gasteiger partial charge is 0.378 e. The zero-order chi connectivity index (χ0) is 14.1. The summed E-state index contributed by atoms with van der Waals surface area (Å²) < 4.78 is 7.83. The van der Waals surface area contributed by atoms with Gasteiger partial charge < -0.3 is 19.4 Å². The van der Waals surface area contributed by atoms with E-state index in [0.29, 0.717) is 6.10 Å². The molecule has 0 aliphatic carbocycles. The van der Waals surface area contributed by atoms with Gasteiger partial charge in [0.1, 0.15) is 5.65 Å². The van der Waals surface area contributed by atoms with Gasteiger partial charge in [-0.2, -0.15) is 0 Å². The number of piperazine rings is 1. The number of nitrogens with zero attached hydrogens (tertiary/aromatic N) is 3. The highest BCUT2D eigenvalue weighted by molar-refractivity contribution is 5.57. The lowest BCUT2D eigenvalue weighted by molar-refractivity contribution is 0.111. The van der Waals surface area contributed by atoms with E-state index >= 15 is 0 Å². The number of imidazole rings is 1. The van der Waals surface area contributed by atoms with Crippen LogP contribution in [0.15, 0.2) is 24.5 Å². The highest BCUT2D eigenvalue weighted by atomic mass is 16.5. The van der Waals surface area contributed by atoms with Crippen molar-refractivity contribution >= 4 is 11.3 Å². The second-order valence-electron chi connectivity index (χ2n) is 5.96. The fraction of sp³-hybridized carbons (Fsp3) is 0.562. The maximum atomic E-state index is 5.71. The second-order valence-corrected chi connectivity index (χ2v) is 5.96. The van der Waals surface area contributed by atoms with Crippen LogP contribution in [0.4, 0.5) is 5.69 Å². The highest BCUT2D eigenvalue weighted by Gasteiger charge is 2.18. The first-order valence-electron chi connectivity index (χ1n) is 7.93. The molecule has 2 aliphatic heterocycles. The molecular formula is C16H22N4O. The zero-order valence-electron chi connectivity index (χ0n) is 12.3. The maximum absolute atomic E-state index is 5.71. The minimum absolute atomic E-state index is 0.363. The van der Waals surface area contributed by atoms with Gasteiger partial charge in [0.25, 0.3) is 0 Å². The van der Waals surface area contributed by atoms with Crippen LogP contribution in [0.25, 0.3) is 5.65 Å². The summed E-state index contributed by atoms with van der Waals surface area (Å²) in [7, 11) is 0. The Balaban J connectivity index is 1.55. The Labute approximate surface area is 124 Å². The molecule has 0 aromatic carbocycles. The first-order valence-corrected chi connectivity index (χ1v) is 7.93. The molecule has 2 aliphatic rings. The molecule has 1 unspecified atom stereocenters. The molecule has 2 saturated heterocycles. The summed E-state index contributed by atoms with van der Waals surface area (Å²) in [5.41, 5.74) is 3.46. The van der Waals surface area contributed by atoms with E-state index in [1.807, 2.05) is 0 Å². The Bertz CT molecular complexity index is 612. The van der Waals surface area contributed by atoms with Gasteiger partial charge in [-0.1, -0.05) is 0 Å². The predicted octanol–water partition coefficient (Wildman–Crippen LogP) is 1.47. The molecule has 2 aromatic rings. The molecule has 21 heavy (non-hydrogen) atoms. The predicted molar refractivity (Wildman–Crippen MR) is 83.0 cm³/mol. The van der Waals surface area contributed by atoms with Gasteiger partial charge >= 0.3 is 0 Å². The van der Waals surface area contributed by atoms with E-state index in [4.69, 9.17) is 9.72 Å². The first kappa shape index (κ1) is 13.1. The van der Waals surface area contributed by atoms with Gasteiger partial charge in [-0.3, -0.25) is 0 Å². The van der Waals surface area contributed by atoms with Crippen molar-refractivity contribution in [3.63, 3.8) is 0 Å². The number of ether oxygens (including phenoxy) is 1. The zero-order valence-corrected chi connectivity index (χ0v) is 12.3. The molecule has 2 aromatic heterocycles. The maximum Gasteiger partial charge on any atom is 0.139 e. The number of aromatic nitrogens is 2. The van der Waals surface area contributed by atoms with E-state index in [9.17, 15) is 0 Å². The van der Waals surface area contributed by atoms with E-state index < -0.39 is 0 Å². The van der Waals surface area contributed by atoms with Crippen LogP contribution >= 0.6 is 0 Å². The van der Waals surface area contributed by atoms with Gasteiger partial charge in [0.15, 0.2) is 0 Å². The van der Waals surface area contributed by atoms with Gasteiger partial charge in [-0.25, -0.2) is 4.98 Å². The van der Waals surface area contributed by atoms with Crippen LogP contribution in [0.1, 0.15) is 18.5 Å². The highest BCUT2D eigenvalue weighted by Crippen LogP contribution is 2.20. The molecule has 0 amide bonds. The topological polar surface area (TPSA) is 41.8 Å². The van der Waals surface area contributed by atoms with Crippen LogP contribution in [0.2, 0.25) is 0 Å². The molecule has 4 heterocycles. The SMILES string of the molecule is c1cn2cc(CC3CCCO3)nc2cc1N1CCNCC1. The van der Waals surface area contributed by atoms with Gasteiger partial charge in [0, 0.05) is 63.4 Å². The molecule has 0 radical (unpaired) electrons. The molecule has 0 bridgehead atoms. The van der Waals surface area contributed by atoms with Crippen LogP contribution < -0.4 is 10.2 Å². The molecule has 0 spiro atoms. The average Bonchev–Trinajstić information content (AvgIpc) is 3.16. The summed E-state index contributed by atoms with van der Waals surface area (Å²) in [6.45, 7) is 5.16. The van der Waals surface area contributed by atoms with Crippen LogP contribution in [0.3, 0.4) is 0 Å². The minimum Gasteiger partial charge on any atom is -0.378 e. The molecule has 0 saturated carbocycles. The summed E-state index contributed by atoms with van der Waals surface area (Å²) in [5.74, 6) is 0. The summed E-state index contributed by atoms with van der Waals surface area (Å²) in [4.78, 5) is 7.19. The Morgan fingerprint density at radius 2 is 2.24 bits per heavy atom. The van der Waals surface area contributed by atoms with Crippen molar-refractivity contribution in [2.45, 2.75) is 25.4 Å². The summed E-state index contributed by atoms with van der Waals surface area (Å²) in [5, 5.41) is 3.39. The molecule has 1 N–H and O–H groups in total.